The highest BCUT2D eigenvalue weighted by molar-refractivity contribution is 7.22. The number of ether oxygens (including phenoxy) is 2. The van der Waals surface area contributed by atoms with Crippen LogP contribution in [0.15, 0.2) is 60.2 Å². The zero-order chi connectivity index (χ0) is 26.4. The van der Waals surface area contributed by atoms with Gasteiger partial charge in [-0.1, -0.05) is 35.6 Å². The molecule has 1 N–H and O–H groups in total. The van der Waals surface area contributed by atoms with Crippen LogP contribution >= 0.6 is 11.3 Å². The maximum Gasteiger partial charge on any atom is 0.301 e. The Hall–Kier alpha value is -4.17. The van der Waals surface area contributed by atoms with Crippen molar-refractivity contribution in [1.29, 1.82) is 0 Å². The third-order valence-corrected chi connectivity index (χ3v) is 7.57. The van der Waals surface area contributed by atoms with Gasteiger partial charge in [-0.2, -0.15) is 0 Å². The molecule has 0 spiro atoms. The Kier molecular flexibility index (Phi) is 6.21. The number of amides is 1. The monoisotopic (exact) mass is 514 g/mol. The Morgan fingerprint density at radius 2 is 1.68 bits per heavy atom. The van der Waals surface area contributed by atoms with Crippen LogP contribution in [0.3, 0.4) is 0 Å². The van der Waals surface area contributed by atoms with Crippen molar-refractivity contribution in [2.45, 2.75) is 26.8 Å². The van der Waals surface area contributed by atoms with Gasteiger partial charge in [-0.05, 0) is 67.8 Å². The van der Waals surface area contributed by atoms with Gasteiger partial charge in [-0.25, -0.2) is 4.98 Å². The van der Waals surface area contributed by atoms with Crippen LogP contribution in [-0.4, -0.2) is 36.0 Å². The van der Waals surface area contributed by atoms with E-state index >= 15 is 0 Å². The molecule has 0 unspecified atom stereocenters. The third kappa shape index (κ3) is 4.03. The number of Topliss-reactive ketones (excluding diaryl/α,β-unsaturated/α-hetero) is 1. The van der Waals surface area contributed by atoms with Gasteiger partial charge in [-0.15, -0.1) is 0 Å². The molecule has 0 bridgehead atoms. The number of benzene rings is 3. The summed E-state index contributed by atoms with van der Waals surface area (Å²) in [6.45, 7) is 5.82. The number of rotatable bonds is 5. The van der Waals surface area contributed by atoms with E-state index in [1.165, 1.54) is 23.3 Å². The zero-order valence-electron chi connectivity index (χ0n) is 21.2. The number of aliphatic hydroxyl groups excluding tert-OH is 1. The fourth-order valence-electron chi connectivity index (χ4n) is 4.86. The number of methoxy groups -OCH3 is 2. The SMILES string of the molecule is COc1ccc(C(O)=C2C(=O)C(=O)N(c3nc4c(C)cc(C)cc4s3)[C@H]2c2ccccc2OC)cc1C. The highest BCUT2D eigenvalue weighted by atomic mass is 32.1. The first-order chi connectivity index (χ1) is 17.7. The normalized spacial score (nSPS) is 17.0. The summed E-state index contributed by atoms with van der Waals surface area (Å²) in [5.74, 6) is -0.663. The molecule has 1 saturated heterocycles. The van der Waals surface area contributed by atoms with E-state index in [4.69, 9.17) is 14.5 Å². The summed E-state index contributed by atoms with van der Waals surface area (Å²) in [4.78, 5) is 33.2. The van der Waals surface area contributed by atoms with E-state index in [9.17, 15) is 14.7 Å². The first kappa shape index (κ1) is 24.5. The van der Waals surface area contributed by atoms with E-state index in [0.29, 0.717) is 27.8 Å². The average molecular weight is 515 g/mol. The molecule has 188 valence electrons. The van der Waals surface area contributed by atoms with Crippen LogP contribution in [0.1, 0.15) is 33.9 Å². The largest absolute Gasteiger partial charge is 0.507 e. The molecular formula is C29H26N2O5S. The topological polar surface area (TPSA) is 89.0 Å². The number of aryl methyl sites for hydroxylation is 3. The predicted octanol–water partition coefficient (Wildman–Crippen LogP) is 5.87. The minimum Gasteiger partial charge on any atom is -0.507 e. The lowest BCUT2D eigenvalue weighted by Gasteiger charge is -2.24. The standard InChI is InChI=1S/C29H26N2O5S/c1-15-12-17(3)24-22(13-15)37-29(30-24)31-25(19-8-6-7-9-21(19)36-5)23(27(33)28(31)34)26(32)18-10-11-20(35-4)16(2)14-18/h6-14,25,32H,1-5H3/t25-/m0/s1. The number of fused-ring (bicyclic) bond motifs is 1. The van der Waals surface area contributed by atoms with Crippen molar-refractivity contribution >= 4 is 44.1 Å². The van der Waals surface area contributed by atoms with Crippen LogP contribution in [0.5, 0.6) is 11.5 Å². The number of hydrogen-bond donors (Lipinski definition) is 1. The maximum atomic E-state index is 13.6. The molecule has 3 aromatic carbocycles. The van der Waals surface area contributed by atoms with Crippen LogP contribution in [0.4, 0.5) is 5.13 Å². The molecule has 1 amide bonds. The second-order valence-corrected chi connectivity index (χ2v) is 10.0. The molecule has 5 rings (SSSR count). The van der Waals surface area contributed by atoms with Gasteiger partial charge < -0.3 is 14.6 Å². The molecule has 4 aromatic rings. The van der Waals surface area contributed by atoms with Crippen LogP contribution in [-0.2, 0) is 9.59 Å². The van der Waals surface area contributed by atoms with Crippen molar-refractivity contribution in [3.8, 4) is 11.5 Å². The number of aliphatic hydroxyl groups is 1. The number of anilines is 1. The van der Waals surface area contributed by atoms with Crippen molar-refractivity contribution in [3.63, 3.8) is 0 Å². The van der Waals surface area contributed by atoms with E-state index < -0.39 is 17.7 Å². The van der Waals surface area contributed by atoms with Gasteiger partial charge in [0.25, 0.3) is 5.78 Å². The number of carbonyl (C=O) groups excluding carboxylic acids is 2. The van der Waals surface area contributed by atoms with Crippen molar-refractivity contribution in [3.05, 3.63) is 88.0 Å². The van der Waals surface area contributed by atoms with Crippen molar-refractivity contribution < 1.29 is 24.2 Å². The van der Waals surface area contributed by atoms with Gasteiger partial charge >= 0.3 is 5.91 Å². The Labute approximate surface area is 218 Å². The fourth-order valence-corrected chi connectivity index (χ4v) is 6.03. The number of ketones is 1. The van der Waals surface area contributed by atoms with Gasteiger partial charge in [-0.3, -0.25) is 14.5 Å². The number of aromatic nitrogens is 1. The molecule has 1 aromatic heterocycles. The summed E-state index contributed by atoms with van der Waals surface area (Å²) in [7, 11) is 3.10. The molecule has 37 heavy (non-hydrogen) atoms. The average Bonchev–Trinajstić information content (AvgIpc) is 3.42. The van der Waals surface area contributed by atoms with Gasteiger partial charge in [0.05, 0.1) is 30.0 Å². The van der Waals surface area contributed by atoms with Crippen molar-refractivity contribution in [2.24, 2.45) is 0 Å². The second kappa shape index (κ2) is 9.37. The minimum atomic E-state index is -0.930. The summed E-state index contributed by atoms with van der Waals surface area (Å²) in [6, 6.07) is 15.4. The molecule has 1 fully saturated rings. The van der Waals surface area contributed by atoms with Gasteiger partial charge in [0, 0.05) is 11.1 Å². The molecule has 0 radical (unpaired) electrons. The Morgan fingerprint density at radius 3 is 2.38 bits per heavy atom. The van der Waals surface area contributed by atoms with Crippen LogP contribution in [0.2, 0.25) is 0 Å². The smallest absolute Gasteiger partial charge is 0.301 e. The number of nitrogens with zero attached hydrogens (tertiary/aromatic N) is 2. The van der Waals surface area contributed by atoms with E-state index in [0.717, 1.165) is 26.9 Å². The highest BCUT2D eigenvalue weighted by Gasteiger charge is 2.49. The number of para-hydroxylation sites is 1. The summed E-state index contributed by atoms with van der Waals surface area (Å²) >= 11 is 1.34. The van der Waals surface area contributed by atoms with Gasteiger partial charge in [0.15, 0.2) is 5.13 Å². The Balaban J connectivity index is 1.77. The van der Waals surface area contributed by atoms with Gasteiger partial charge in [0.2, 0.25) is 0 Å². The summed E-state index contributed by atoms with van der Waals surface area (Å²) in [6.07, 6.45) is 0. The van der Waals surface area contributed by atoms with Crippen LogP contribution in [0, 0.1) is 20.8 Å². The molecular weight excluding hydrogens is 488 g/mol. The van der Waals surface area contributed by atoms with Crippen molar-refractivity contribution in [2.75, 3.05) is 19.1 Å². The number of hydrogen-bond acceptors (Lipinski definition) is 7. The predicted molar refractivity (Wildman–Crippen MR) is 145 cm³/mol. The lowest BCUT2D eigenvalue weighted by atomic mass is 9.94. The lowest BCUT2D eigenvalue weighted by Crippen LogP contribution is -2.29. The Morgan fingerprint density at radius 1 is 0.946 bits per heavy atom. The summed E-state index contributed by atoms with van der Waals surface area (Å²) < 4.78 is 11.9. The summed E-state index contributed by atoms with van der Waals surface area (Å²) in [5.41, 5.74) is 4.58. The van der Waals surface area contributed by atoms with Gasteiger partial charge in [0.1, 0.15) is 23.3 Å². The first-order valence-electron chi connectivity index (χ1n) is 11.7. The Bertz CT molecular complexity index is 1600. The molecule has 1 atom stereocenters. The van der Waals surface area contributed by atoms with Crippen molar-refractivity contribution in [1.82, 2.24) is 4.98 Å². The van der Waals surface area contributed by atoms with Crippen LogP contribution < -0.4 is 14.4 Å². The molecule has 1 aliphatic rings. The maximum absolute atomic E-state index is 13.6. The second-order valence-electron chi connectivity index (χ2n) is 9.02. The number of carbonyl (C=O) groups is 2. The summed E-state index contributed by atoms with van der Waals surface area (Å²) in [5, 5.41) is 11.8. The molecule has 7 nitrogen and oxygen atoms in total. The van der Waals surface area contributed by atoms with E-state index in [-0.39, 0.29) is 11.3 Å². The van der Waals surface area contributed by atoms with Crippen LogP contribution in [0.25, 0.3) is 16.0 Å². The van der Waals surface area contributed by atoms with E-state index in [2.05, 4.69) is 0 Å². The third-order valence-electron chi connectivity index (χ3n) is 6.57. The number of thiazole rings is 1. The highest BCUT2D eigenvalue weighted by Crippen LogP contribution is 2.47. The molecule has 2 heterocycles. The van der Waals surface area contributed by atoms with E-state index in [1.807, 2.05) is 39.0 Å². The quantitative estimate of drug-likeness (QED) is 0.204. The molecule has 0 saturated carbocycles. The molecule has 0 aliphatic carbocycles. The fraction of sp³-hybridized carbons (Fsp3) is 0.207. The minimum absolute atomic E-state index is 0.0220. The van der Waals surface area contributed by atoms with E-state index in [1.54, 1.807) is 43.5 Å². The first-order valence-corrected chi connectivity index (χ1v) is 12.5. The lowest BCUT2D eigenvalue weighted by molar-refractivity contribution is -0.132. The molecule has 8 heteroatoms. The zero-order valence-corrected chi connectivity index (χ0v) is 22.0. The molecule has 1 aliphatic heterocycles.